The molecule has 0 aromatic heterocycles. The molecule has 0 saturated carbocycles. The average Bonchev–Trinajstić information content (AvgIpc) is 2.64. The van der Waals surface area contributed by atoms with Gasteiger partial charge in [-0.25, -0.2) is 4.79 Å². The van der Waals surface area contributed by atoms with Gasteiger partial charge in [0.1, 0.15) is 0 Å². The Bertz CT molecular complexity index is 713. The highest BCUT2D eigenvalue weighted by Crippen LogP contribution is 2.34. The van der Waals surface area contributed by atoms with E-state index in [1.165, 1.54) is 6.26 Å². The largest absolute Gasteiger partial charge is 0.497 e. The van der Waals surface area contributed by atoms with E-state index >= 15 is 0 Å². The Kier molecular flexibility index (Phi) is 7.48. The lowest BCUT2D eigenvalue weighted by atomic mass is 9.78. The van der Waals surface area contributed by atoms with Crippen molar-refractivity contribution >= 4 is 17.2 Å². The molecule has 27 heavy (non-hydrogen) atoms. The molecular formula is C22H38N2O3. The zero-order valence-electron chi connectivity index (χ0n) is 15.3. The summed E-state index contributed by atoms with van der Waals surface area (Å²) in [6.07, 6.45) is 4.05. The van der Waals surface area contributed by atoms with Gasteiger partial charge in [-0.2, -0.15) is 0 Å². The minimum atomic E-state index is -0.872. The van der Waals surface area contributed by atoms with Crippen molar-refractivity contribution in [1.29, 1.82) is 0 Å². The standard InChI is InChI=1S/C21H28N2O3.CH4.3H2/c1-14-9-11-22-12-18-15(2)26-13-19(21(24)25)17(18)7-5-10-23-20-8-4-3-6-16(14)20;;;;/h3-4,6,8,13,15,17-18,22-23H,1,5,7,9-12H2,2H3,(H,24,25);1H4;3*1H/t15-,17?,18?;;;;/m0..../s1. The predicted molar refractivity (Wildman–Crippen MR) is 117 cm³/mol. The second kappa shape index (κ2) is 9.60. The molecule has 3 rings (SSSR count). The number of rotatable bonds is 1. The van der Waals surface area contributed by atoms with Crippen LogP contribution in [0.1, 0.15) is 43.5 Å². The van der Waals surface area contributed by atoms with Crippen molar-refractivity contribution in [1.82, 2.24) is 5.32 Å². The fourth-order valence-corrected chi connectivity index (χ4v) is 3.95. The molecule has 0 fully saturated rings. The van der Waals surface area contributed by atoms with Crippen molar-refractivity contribution in [2.75, 3.05) is 25.0 Å². The van der Waals surface area contributed by atoms with E-state index in [0.717, 1.165) is 55.7 Å². The second-order valence-electron chi connectivity index (χ2n) is 7.16. The molecule has 2 aliphatic heterocycles. The summed E-state index contributed by atoms with van der Waals surface area (Å²) < 4.78 is 5.63. The molecule has 2 aliphatic rings. The lowest BCUT2D eigenvalue weighted by Crippen LogP contribution is -2.41. The molecule has 0 spiro atoms. The second-order valence-corrected chi connectivity index (χ2v) is 7.16. The number of hydrogen-bond acceptors (Lipinski definition) is 4. The van der Waals surface area contributed by atoms with Crippen LogP contribution < -0.4 is 10.6 Å². The third-order valence-corrected chi connectivity index (χ3v) is 5.47. The van der Waals surface area contributed by atoms with Crippen molar-refractivity contribution in [3.63, 3.8) is 0 Å². The lowest BCUT2D eigenvalue weighted by molar-refractivity contribution is -0.134. The summed E-state index contributed by atoms with van der Waals surface area (Å²) >= 11 is 0. The molecular weight excluding hydrogens is 340 g/mol. The highest BCUT2D eigenvalue weighted by molar-refractivity contribution is 5.87. The first-order valence-electron chi connectivity index (χ1n) is 9.38. The SMILES string of the molecule is C.C=C1CCNCC2C(CCCNc3ccccc31)C(C(=O)O)=CO[C@H]2C.[HH].[HH].[HH]. The molecule has 3 N–H and O–H groups in total. The van der Waals surface area contributed by atoms with E-state index in [9.17, 15) is 9.90 Å². The Labute approximate surface area is 167 Å². The molecule has 1 aromatic carbocycles. The van der Waals surface area contributed by atoms with Crippen LogP contribution in [0.25, 0.3) is 5.57 Å². The fraction of sp³-hybridized carbons (Fsp3) is 0.500. The maximum atomic E-state index is 11.7. The summed E-state index contributed by atoms with van der Waals surface area (Å²) in [4.78, 5) is 11.7. The number of para-hydroxylation sites is 1. The Morgan fingerprint density at radius 2 is 2.11 bits per heavy atom. The Morgan fingerprint density at radius 1 is 1.33 bits per heavy atom. The first-order chi connectivity index (χ1) is 12.6. The number of anilines is 1. The number of fused-ring (bicyclic) bond motifs is 2. The maximum absolute atomic E-state index is 11.7. The average molecular weight is 379 g/mol. The molecule has 2 heterocycles. The molecule has 0 amide bonds. The minimum absolute atomic E-state index is 0. The van der Waals surface area contributed by atoms with Crippen LogP contribution in [-0.2, 0) is 9.53 Å². The zero-order chi connectivity index (χ0) is 18.5. The predicted octanol–water partition coefficient (Wildman–Crippen LogP) is 4.88. The molecule has 5 heteroatoms. The van der Waals surface area contributed by atoms with E-state index in [1.54, 1.807) is 0 Å². The molecule has 0 saturated heterocycles. The molecule has 2 unspecified atom stereocenters. The highest BCUT2D eigenvalue weighted by atomic mass is 16.5. The summed E-state index contributed by atoms with van der Waals surface area (Å²) in [5.41, 5.74) is 3.77. The molecule has 3 atom stereocenters. The monoisotopic (exact) mass is 378 g/mol. The van der Waals surface area contributed by atoms with Crippen molar-refractivity contribution in [2.45, 2.75) is 39.7 Å². The lowest BCUT2D eigenvalue weighted by Gasteiger charge is -2.36. The van der Waals surface area contributed by atoms with Crippen molar-refractivity contribution < 1.29 is 18.9 Å². The van der Waals surface area contributed by atoms with Crippen LogP contribution in [0.3, 0.4) is 0 Å². The van der Waals surface area contributed by atoms with Gasteiger partial charge < -0.3 is 20.5 Å². The maximum Gasteiger partial charge on any atom is 0.334 e. The van der Waals surface area contributed by atoms with Gasteiger partial charge in [-0.1, -0.05) is 32.2 Å². The molecule has 154 valence electrons. The summed E-state index contributed by atoms with van der Waals surface area (Å²) in [6, 6.07) is 8.24. The normalized spacial score (nSPS) is 26.2. The molecule has 1 aromatic rings. The van der Waals surface area contributed by atoms with Gasteiger partial charge in [0.05, 0.1) is 17.9 Å². The van der Waals surface area contributed by atoms with E-state index < -0.39 is 5.97 Å². The van der Waals surface area contributed by atoms with Crippen LogP contribution in [0.2, 0.25) is 0 Å². The number of aliphatic carboxylic acids is 1. The topological polar surface area (TPSA) is 70.6 Å². The first kappa shape index (κ1) is 21.0. The van der Waals surface area contributed by atoms with E-state index in [4.69, 9.17) is 4.74 Å². The van der Waals surface area contributed by atoms with Crippen molar-refractivity contribution in [2.24, 2.45) is 11.8 Å². The number of carboxylic acid groups (broad SMARTS) is 1. The van der Waals surface area contributed by atoms with E-state index in [1.807, 2.05) is 19.1 Å². The molecule has 0 aliphatic carbocycles. The third kappa shape index (κ3) is 4.92. The zero-order valence-corrected chi connectivity index (χ0v) is 15.3. The number of hydrogen-bond donors (Lipinski definition) is 3. The van der Waals surface area contributed by atoms with Gasteiger partial charge in [-0.3, -0.25) is 0 Å². The third-order valence-electron chi connectivity index (χ3n) is 5.47. The Hall–Kier alpha value is -2.27. The van der Waals surface area contributed by atoms with Gasteiger partial charge >= 0.3 is 5.97 Å². The van der Waals surface area contributed by atoms with Crippen molar-refractivity contribution in [3.8, 4) is 0 Å². The van der Waals surface area contributed by atoms with Gasteiger partial charge in [-0.15, -0.1) is 0 Å². The van der Waals surface area contributed by atoms with Gasteiger partial charge in [0.15, 0.2) is 0 Å². The number of ether oxygens (including phenoxy) is 1. The minimum Gasteiger partial charge on any atom is -0.497 e. The molecule has 5 nitrogen and oxygen atoms in total. The van der Waals surface area contributed by atoms with Crippen LogP contribution in [0.4, 0.5) is 5.69 Å². The Morgan fingerprint density at radius 3 is 2.89 bits per heavy atom. The quantitative estimate of drug-likeness (QED) is 0.650. The van der Waals surface area contributed by atoms with Gasteiger partial charge in [-0.05, 0) is 44.4 Å². The summed E-state index contributed by atoms with van der Waals surface area (Å²) in [7, 11) is 0. The number of benzene rings is 1. The highest BCUT2D eigenvalue weighted by Gasteiger charge is 2.36. The van der Waals surface area contributed by atoms with Crippen LogP contribution >= 0.6 is 0 Å². The van der Waals surface area contributed by atoms with Crippen LogP contribution in [0.15, 0.2) is 42.7 Å². The van der Waals surface area contributed by atoms with Crippen LogP contribution in [-0.4, -0.2) is 36.8 Å². The smallest absolute Gasteiger partial charge is 0.334 e. The summed E-state index contributed by atoms with van der Waals surface area (Å²) in [5, 5.41) is 16.6. The van der Waals surface area contributed by atoms with Gasteiger partial charge in [0, 0.05) is 40.5 Å². The number of carboxylic acids is 1. The fourth-order valence-electron chi connectivity index (χ4n) is 3.95. The molecule has 0 bridgehead atoms. The summed E-state index contributed by atoms with van der Waals surface area (Å²) in [6.45, 7) is 8.65. The van der Waals surface area contributed by atoms with Crippen molar-refractivity contribution in [3.05, 3.63) is 48.2 Å². The first-order valence-corrected chi connectivity index (χ1v) is 9.38. The van der Waals surface area contributed by atoms with E-state index in [-0.39, 0.29) is 29.6 Å². The van der Waals surface area contributed by atoms with E-state index in [0.29, 0.717) is 5.57 Å². The molecule has 0 radical (unpaired) electrons. The van der Waals surface area contributed by atoms with Crippen LogP contribution in [0, 0.1) is 11.8 Å². The van der Waals surface area contributed by atoms with Gasteiger partial charge in [0.25, 0.3) is 0 Å². The van der Waals surface area contributed by atoms with Gasteiger partial charge in [0.2, 0.25) is 0 Å². The van der Waals surface area contributed by atoms with Crippen LogP contribution in [0.5, 0.6) is 0 Å². The van der Waals surface area contributed by atoms with E-state index in [2.05, 4.69) is 29.3 Å². The Balaban J connectivity index is 0. The summed E-state index contributed by atoms with van der Waals surface area (Å²) in [5.74, 6) is -0.713. The number of nitrogens with one attached hydrogen (secondary N) is 2. The number of carbonyl (C=O) groups is 1.